The molecule has 4 nitrogen and oxygen atoms in total. The number of nitrogens with zero attached hydrogens (tertiary/aromatic N) is 1. The van der Waals surface area contributed by atoms with Crippen molar-refractivity contribution in [2.75, 3.05) is 17.2 Å². The van der Waals surface area contributed by atoms with Crippen LogP contribution < -0.4 is 10.6 Å². The summed E-state index contributed by atoms with van der Waals surface area (Å²) < 4.78 is 0. The van der Waals surface area contributed by atoms with Gasteiger partial charge in [0.15, 0.2) is 0 Å². The van der Waals surface area contributed by atoms with Gasteiger partial charge in [0.2, 0.25) is 0 Å². The molecular formula is C15H16ClN3O. The zero-order valence-electron chi connectivity index (χ0n) is 11.4. The van der Waals surface area contributed by atoms with Crippen molar-refractivity contribution in [3.8, 4) is 0 Å². The van der Waals surface area contributed by atoms with E-state index in [9.17, 15) is 4.79 Å². The maximum absolute atomic E-state index is 12.3. The van der Waals surface area contributed by atoms with Crippen molar-refractivity contribution in [3.05, 3.63) is 52.8 Å². The number of aryl methyl sites for hydroxylation is 1. The zero-order chi connectivity index (χ0) is 14.5. The van der Waals surface area contributed by atoms with Gasteiger partial charge in [0.25, 0.3) is 5.91 Å². The summed E-state index contributed by atoms with van der Waals surface area (Å²) in [5.41, 5.74) is 2.86. The Morgan fingerprint density at radius 3 is 2.80 bits per heavy atom. The minimum atomic E-state index is -0.176. The van der Waals surface area contributed by atoms with Gasteiger partial charge >= 0.3 is 0 Å². The maximum Gasteiger partial charge on any atom is 0.257 e. The molecule has 0 spiro atoms. The van der Waals surface area contributed by atoms with Gasteiger partial charge < -0.3 is 10.6 Å². The Kier molecular flexibility index (Phi) is 4.58. The van der Waals surface area contributed by atoms with E-state index in [1.807, 2.05) is 32.0 Å². The number of amides is 1. The fourth-order valence-electron chi connectivity index (χ4n) is 1.85. The molecule has 1 aromatic heterocycles. The highest BCUT2D eigenvalue weighted by Crippen LogP contribution is 2.19. The Morgan fingerprint density at radius 2 is 2.10 bits per heavy atom. The smallest absolute Gasteiger partial charge is 0.257 e. The molecular weight excluding hydrogens is 274 g/mol. The Bertz CT molecular complexity index is 628. The Hall–Kier alpha value is -2.07. The highest BCUT2D eigenvalue weighted by molar-refractivity contribution is 6.30. The topological polar surface area (TPSA) is 54.0 Å². The highest BCUT2D eigenvalue weighted by Gasteiger charge is 2.11. The number of hydrogen-bond donors (Lipinski definition) is 2. The summed E-state index contributed by atoms with van der Waals surface area (Å²) in [6.07, 6.45) is 1.54. The van der Waals surface area contributed by atoms with Crippen molar-refractivity contribution < 1.29 is 4.79 Å². The minimum Gasteiger partial charge on any atom is -0.385 e. The molecule has 0 fully saturated rings. The van der Waals surface area contributed by atoms with Crippen LogP contribution in [0.3, 0.4) is 0 Å². The Balaban J connectivity index is 2.21. The monoisotopic (exact) mass is 289 g/mol. The molecule has 0 atom stereocenters. The predicted molar refractivity (Wildman–Crippen MR) is 82.5 cm³/mol. The fourth-order valence-corrected chi connectivity index (χ4v) is 1.95. The van der Waals surface area contributed by atoms with Gasteiger partial charge in [-0.05, 0) is 37.6 Å². The molecule has 5 heteroatoms. The summed E-state index contributed by atoms with van der Waals surface area (Å²) in [6, 6.07) is 9.18. The van der Waals surface area contributed by atoms with Crippen LogP contribution >= 0.6 is 11.6 Å². The van der Waals surface area contributed by atoms with Gasteiger partial charge in [0.05, 0.1) is 17.4 Å². The number of rotatable bonds is 4. The number of aromatic nitrogens is 1. The molecule has 2 rings (SSSR count). The number of nitrogens with one attached hydrogen (secondary N) is 2. The molecule has 0 aliphatic rings. The maximum atomic E-state index is 12.3. The number of pyridine rings is 1. The molecule has 0 aliphatic heterocycles. The van der Waals surface area contributed by atoms with E-state index in [0.717, 1.165) is 17.8 Å². The second kappa shape index (κ2) is 6.39. The average Bonchev–Trinajstić information content (AvgIpc) is 2.44. The lowest BCUT2D eigenvalue weighted by molar-refractivity contribution is 0.102. The lowest BCUT2D eigenvalue weighted by atomic mass is 10.1. The van der Waals surface area contributed by atoms with E-state index in [4.69, 9.17) is 11.6 Å². The van der Waals surface area contributed by atoms with E-state index in [1.54, 1.807) is 18.3 Å². The average molecular weight is 290 g/mol. The van der Waals surface area contributed by atoms with E-state index >= 15 is 0 Å². The van der Waals surface area contributed by atoms with Gasteiger partial charge in [-0.1, -0.05) is 23.7 Å². The van der Waals surface area contributed by atoms with Gasteiger partial charge in [0.1, 0.15) is 5.15 Å². The number of halogens is 1. The van der Waals surface area contributed by atoms with Crippen LogP contribution in [-0.4, -0.2) is 17.4 Å². The van der Waals surface area contributed by atoms with Crippen molar-refractivity contribution >= 4 is 28.9 Å². The summed E-state index contributed by atoms with van der Waals surface area (Å²) >= 11 is 5.87. The van der Waals surface area contributed by atoms with Crippen LogP contribution in [0, 0.1) is 6.92 Å². The summed E-state index contributed by atoms with van der Waals surface area (Å²) in [6.45, 7) is 4.59. The van der Waals surface area contributed by atoms with Crippen molar-refractivity contribution in [2.45, 2.75) is 13.8 Å². The molecule has 1 heterocycles. The van der Waals surface area contributed by atoms with Gasteiger partial charge in [0, 0.05) is 12.2 Å². The number of carbonyl (C=O) groups excluding carboxylic acids is 1. The standard InChI is InChI=1S/C15H16ClN3O/c1-3-17-13-7-5-4-6-12(13)15(20)19-11-8-10(2)14(16)18-9-11/h4-9,17H,3H2,1-2H3,(H,19,20). The molecule has 2 aromatic rings. The van der Waals surface area contributed by atoms with Crippen LogP contribution in [0.1, 0.15) is 22.8 Å². The Morgan fingerprint density at radius 1 is 1.35 bits per heavy atom. The third-order valence-corrected chi connectivity index (χ3v) is 3.21. The van der Waals surface area contributed by atoms with Crippen molar-refractivity contribution in [1.29, 1.82) is 0 Å². The largest absolute Gasteiger partial charge is 0.385 e. The number of carbonyl (C=O) groups is 1. The number of anilines is 2. The van der Waals surface area contributed by atoms with Crippen LogP contribution in [0.4, 0.5) is 11.4 Å². The van der Waals surface area contributed by atoms with Crippen LogP contribution in [0.25, 0.3) is 0 Å². The molecule has 20 heavy (non-hydrogen) atoms. The first-order valence-electron chi connectivity index (χ1n) is 6.38. The first-order chi connectivity index (χ1) is 9.61. The van der Waals surface area contributed by atoms with Crippen LogP contribution in [0.2, 0.25) is 5.15 Å². The molecule has 1 aromatic carbocycles. The molecule has 2 N–H and O–H groups in total. The van der Waals surface area contributed by atoms with E-state index in [2.05, 4.69) is 15.6 Å². The molecule has 0 bridgehead atoms. The van der Waals surface area contributed by atoms with E-state index in [1.165, 1.54) is 0 Å². The Labute approximate surface area is 123 Å². The molecule has 0 radical (unpaired) electrons. The quantitative estimate of drug-likeness (QED) is 0.843. The van der Waals surface area contributed by atoms with Crippen LogP contribution in [-0.2, 0) is 0 Å². The summed E-state index contributed by atoms with van der Waals surface area (Å²) in [4.78, 5) is 16.3. The molecule has 0 unspecified atom stereocenters. The summed E-state index contributed by atoms with van der Waals surface area (Å²) in [7, 11) is 0. The van der Waals surface area contributed by atoms with E-state index in [0.29, 0.717) is 16.4 Å². The van der Waals surface area contributed by atoms with E-state index < -0.39 is 0 Å². The van der Waals surface area contributed by atoms with Gasteiger partial charge in [-0.15, -0.1) is 0 Å². The SMILES string of the molecule is CCNc1ccccc1C(=O)Nc1cnc(Cl)c(C)c1. The second-order valence-corrected chi connectivity index (χ2v) is 4.72. The van der Waals surface area contributed by atoms with Gasteiger partial charge in [-0.25, -0.2) is 4.98 Å². The first kappa shape index (κ1) is 14.3. The third kappa shape index (κ3) is 3.27. The normalized spacial score (nSPS) is 10.2. The third-order valence-electron chi connectivity index (χ3n) is 2.81. The highest BCUT2D eigenvalue weighted by atomic mass is 35.5. The van der Waals surface area contributed by atoms with Crippen LogP contribution in [0.15, 0.2) is 36.5 Å². The fraction of sp³-hybridized carbons (Fsp3) is 0.200. The van der Waals surface area contributed by atoms with Crippen molar-refractivity contribution in [3.63, 3.8) is 0 Å². The van der Waals surface area contributed by atoms with E-state index in [-0.39, 0.29) is 5.91 Å². The minimum absolute atomic E-state index is 0.176. The first-order valence-corrected chi connectivity index (χ1v) is 6.76. The van der Waals surface area contributed by atoms with Gasteiger partial charge in [-0.3, -0.25) is 4.79 Å². The van der Waals surface area contributed by atoms with Crippen LogP contribution in [0.5, 0.6) is 0 Å². The molecule has 0 saturated carbocycles. The number of para-hydroxylation sites is 1. The number of benzene rings is 1. The van der Waals surface area contributed by atoms with Gasteiger partial charge in [-0.2, -0.15) is 0 Å². The van der Waals surface area contributed by atoms with Crippen molar-refractivity contribution in [2.24, 2.45) is 0 Å². The predicted octanol–water partition coefficient (Wildman–Crippen LogP) is 3.73. The lowest BCUT2D eigenvalue weighted by Gasteiger charge is -2.11. The molecule has 104 valence electrons. The lowest BCUT2D eigenvalue weighted by Crippen LogP contribution is -2.15. The number of hydrogen-bond acceptors (Lipinski definition) is 3. The molecule has 0 saturated heterocycles. The summed E-state index contributed by atoms with van der Waals surface area (Å²) in [5.74, 6) is -0.176. The summed E-state index contributed by atoms with van der Waals surface area (Å²) in [5, 5.41) is 6.43. The second-order valence-electron chi connectivity index (χ2n) is 4.36. The molecule has 0 aliphatic carbocycles. The molecule has 1 amide bonds. The van der Waals surface area contributed by atoms with Crippen molar-refractivity contribution in [1.82, 2.24) is 4.98 Å². The zero-order valence-corrected chi connectivity index (χ0v) is 12.2.